The zero-order chi connectivity index (χ0) is 14.5. The minimum atomic E-state index is -0.799. The van der Waals surface area contributed by atoms with Crippen LogP contribution in [0, 0.1) is 0 Å². The minimum Gasteiger partial charge on any atom is -0.390 e. The fraction of sp³-hybridized carbons (Fsp3) is 0.545. The van der Waals surface area contributed by atoms with E-state index in [0.717, 1.165) is 5.65 Å². The number of nitrogens with zero attached hydrogens (tertiary/aromatic N) is 4. The van der Waals surface area contributed by atoms with Crippen molar-refractivity contribution in [2.45, 2.75) is 12.2 Å². The maximum atomic E-state index is 9.60. The summed E-state index contributed by atoms with van der Waals surface area (Å²) in [6.45, 7) is 0. The topological polar surface area (TPSA) is 96.1 Å². The van der Waals surface area contributed by atoms with Gasteiger partial charge >= 0.3 is 0 Å². The molecule has 0 aliphatic rings. The summed E-state index contributed by atoms with van der Waals surface area (Å²) in [4.78, 5) is 12.5. The quantitative estimate of drug-likeness (QED) is 0.327. The largest absolute Gasteiger partial charge is 0.390 e. The van der Waals surface area contributed by atoms with Gasteiger partial charge in [0.2, 0.25) is 0 Å². The predicted molar refractivity (Wildman–Crippen MR) is 83.1 cm³/mol. The molecule has 110 valence electrons. The van der Waals surface area contributed by atoms with E-state index in [1.54, 1.807) is 6.33 Å². The van der Waals surface area contributed by atoms with Gasteiger partial charge in [0.25, 0.3) is 0 Å². The SMILES string of the molecule is Cn1cnc2c(NCSCC(O)C(O)CS)ncnc21. The average molecular weight is 315 g/mol. The van der Waals surface area contributed by atoms with Gasteiger partial charge in [-0.15, -0.1) is 11.8 Å². The molecule has 0 bridgehead atoms. The van der Waals surface area contributed by atoms with Gasteiger partial charge < -0.3 is 20.1 Å². The summed E-state index contributed by atoms with van der Waals surface area (Å²) < 4.78 is 1.82. The van der Waals surface area contributed by atoms with E-state index in [2.05, 4.69) is 32.9 Å². The van der Waals surface area contributed by atoms with E-state index >= 15 is 0 Å². The third kappa shape index (κ3) is 3.54. The number of nitrogens with one attached hydrogen (secondary N) is 1. The fourth-order valence-corrected chi connectivity index (χ4v) is 2.67. The lowest BCUT2D eigenvalue weighted by molar-refractivity contribution is 0.0502. The average Bonchev–Trinajstić information content (AvgIpc) is 2.85. The van der Waals surface area contributed by atoms with Crippen molar-refractivity contribution < 1.29 is 10.2 Å². The number of aliphatic hydroxyl groups is 2. The molecule has 0 saturated heterocycles. The van der Waals surface area contributed by atoms with E-state index in [1.165, 1.54) is 18.1 Å². The molecule has 20 heavy (non-hydrogen) atoms. The van der Waals surface area contributed by atoms with Gasteiger partial charge in [-0.3, -0.25) is 0 Å². The zero-order valence-corrected chi connectivity index (χ0v) is 12.7. The molecule has 0 aliphatic carbocycles. The molecule has 0 aromatic carbocycles. The second kappa shape index (κ2) is 7.11. The van der Waals surface area contributed by atoms with Gasteiger partial charge in [-0.05, 0) is 0 Å². The summed E-state index contributed by atoms with van der Waals surface area (Å²) >= 11 is 5.40. The Labute approximate surface area is 126 Å². The van der Waals surface area contributed by atoms with Crippen molar-refractivity contribution in [3.05, 3.63) is 12.7 Å². The molecule has 2 aromatic heterocycles. The van der Waals surface area contributed by atoms with Crippen LogP contribution in [0.25, 0.3) is 11.2 Å². The van der Waals surface area contributed by atoms with E-state index in [0.29, 0.717) is 23.0 Å². The lowest BCUT2D eigenvalue weighted by atomic mass is 10.3. The van der Waals surface area contributed by atoms with Gasteiger partial charge in [-0.1, -0.05) is 0 Å². The van der Waals surface area contributed by atoms with Crippen LogP contribution in [-0.2, 0) is 7.05 Å². The van der Waals surface area contributed by atoms with Crippen molar-refractivity contribution >= 4 is 41.4 Å². The van der Waals surface area contributed by atoms with Crippen LogP contribution in [0.2, 0.25) is 0 Å². The number of thiol groups is 1. The summed E-state index contributed by atoms with van der Waals surface area (Å²) in [5.74, 6) is 1.88. The van der Waals surface area contributed by atoms with E-state index in [9.17, 15) is 10.2 Å². The van der Waals surface area contributed by atoms with Crippen LogP contribution in [0.1, 0.15) is 0 Å². The Hall–Kier alpha value is -1.03. The van der Waals surface area contributed by atoms with Gasteiger partial charge in [-0.2, -0.15) is 12.6 Å². The molecule has 2 atom stereocenters. The van der Waals surface area contributed by atoms with Gasteiger partial charge in [0.05, 0.1) is 24.4 Å². The van der Waals surface area contributed by atoms with Crippen LogP contribution < -0.4 is 5.32 Å². The van der Waals surface area contributed by atoms with Crippen LogP contribution in [-0.4, -0.2) is 59.3 Å². The lowest BCUT2D eigenvalue weighted by Crippen LogP contribution is -2.29. The number of fused-ring (bicyclic) bond motifs is 1. The Morgan fingerprint density at radius 3 is 2.90 bits per heavy atom. The molecule has 0 aliphatic heterocycles. The first-order valence-electron chi connectivity index (χ1n) is 6.04. The second-order valence-corrected chi connectivity index (χ2v) is 5.65. The number of aryl methyl sites for hydroxylation is 1. The Morgan fingerprint density at radius 2 is 2.15 bits per heavy atom. The third-order valence-corrected chi connectivity index (χ3v) is 4.06. The Morgan fingerprint density at radius 1 is 1.35 bits per heavy atom. The highest BCUT2D eigenvalue weighted by Crippen LogP contribution is 2.17. The molecule has 9 heteroatoms. The van der Waals surface area contributed by atoms with Crippen molar-refractivity contribution in [3.8, 4) is 0 Å². The van der Waals surface area contributed by atoms with E-state index in [4.69, 9.17) is 0 Å². The Balaban J connectivity index is 1.87. The normalized spacial score (nSPS) is 14.4. The molecule has 0 amide bonds. The highest BCUT2D eigenvalue weighted by atomic mass is 32.2. The molecule has 0 saturated carbocycles. The van der Waals surface area contributed by atoms with E-state index in [1.807, 2.05) is 11.6 Å². The van der Waals surface area contributed by atoms with E-state index < -0.39 is 12.2 Å². The molecular weight excluding hydrogens is 298 g/mol. The molecule has 7 nitrogen and oxygen atoms in total. The van der Waals surface area contributed by atoms with Crippen molar-refractivity contribution in [1.82, 2.24) is 19.5 Å². The number of aromatic nitrogens is 4. The van der Waals surface area contributed by atoms with Gasteiger partial charge in [0.15, 0.2) is 11.5 Å². The standard InChI is InChI=1S/C11H17N5O2S2/c1-16-5-14-9-10(12-4-13-11(9)16)15-6-20-3-8(18)7(17)2-19/h4-5,7-8,17-19H,2-3,6H2,1H3,(H,12,13,15). The molecule has 0 spiro atoms. The number of thioether (sulfide) groups is 1. The van der Waals surface area contributed by atoms with Crippen LogP contribution in [0.4, 0.5) is 5.82 Å². The first kappa shape index (κ1) is 15.4. The molecule has 0 fully saturated rings. The fourth-order valence-electron chi connectivity index (χ4n) is 1.61. The van der Waals surface area contributed by atoms with Crippen molar-refractivity contribution in [2.75, 3.05) is 22.7 Å². The van der Waals surface area contributed by atoms with Crippen LogP contribution in [0.3, 0.4) is 0 Å². The predicted octanol–water partition coefficient (Wildman–Crippen LogP) is 0.118. The summed E-state index contributed by atoms with van der Waals surface area (Å²) in [6.07, 6.45) is 1.59. The molecule has 3 N–H and O–H groups in total. The lowest BCUT2D eigenvalue weighted by Gasteiger charge is -2.15. The smallest absolute Gasteiger partial charge is 0.165 e. The van der Waals surface area contributed by atoms with Gasteiger partial charge in [-0.25, -0.2) is 15.0 Å². The number of aliphatic hydroxyl groups excluding tert-OH is 2. The van der Waals surface area contributed by atoms with Crippen LogP contribution in [0.5, 0.6) is 0 Å². The monoisotopic (exact) mass is 315 g/mol. The summed E-state index contributed by atoms with van der Waals surface area (Å²) in [7, 11) is 1.87. The van der Waals surface area contributed by atoms with Crippen molar-refractivity contribution in [2.24, 2.45) is 7.05 Å². The summed E-state index contributed by atoms with van der Waals surface area (Å²) in [5.41, 5.74) is 1.48. The van der Waals surface area contributed by atoms with Crippen molar-refractivity contribution in [1.29, 1.82) is 0 Å². The third-order valence-electron chi connectivity index (χ3n) is 2.76. The van der Waals surface area contributed by atoms with Crippen molar-refractivity contribution in [3.63, 3.8) is 0 Å². The number of hydrogen-bond acceptors (Lipinski definition) is 8. The molecule has 2 rings (SSSR count). The molecule has 0 radical (unpaired) electrons. The minimum absolute atomic E-state index is 0.246. The van der Waals surface area contributed by atoms with Crippen LogP contribution in [0.15, 0.2) is 12.7 Å². The van der Waals surface area contributed by atoms with Gasteiger partial charge in [0.1, 0.15) is 11.8 Å². The Bertz CT molecular complexity index is 565. The summed E-state index contributed by atoms with van der Waals surface area (Å²) in [5, 5.41) is 22.1. The van der Waals surface area contributed by atoms with Crippen LogP contribution >= 0.6 is 24.4 Å². The number of anilines is 1. The summed E-state index contributed by atoms with van der Waals surface area (Å²) in [6, 6.07) is 0. The number of hydrogen-bond donors (Lipinski definition) is 4. The number of imidazole rings is 1. The first-order chi connectivity index (χ1) is 9.63. The number of rotatable bonds is 7. The maximum absolute atomic E-state index is 9.60. The molecule has 2 unspecified atom stereocenters. The highest BCUT2D eigenvalue weighted by Gasteiger charge is 2.14. The maximum Gasteiger partial charge on any atom is 0.165 e. The zero-order valence-electron chi connectivity index (χ0n) is 11.0. The highest BCUT2D eigenvalue weighted by molar-refractivity contribution is 7.99. The molecule has 2 heterocycles. The van der Waals surface area contributed by atoms with Gasteiger partial charge in [0, 0.05) is 18.6 Å². The molecule has 2 aromatic rings. The van der Waals surface area contributed by atoms with E-state index in [-0.39, 0.29) is 5.75 Å². The Kier molecular flexibility index (Phi) is 5.46. The first-order valence-corrected chi connectivity index (χ1v) is 7.82. The second-order valence-electron chi connectivity index (χ2n) is 4.26. The molecular formula is C11H17N5O2S2.